The lowest BCUT2D eigenvalue weighted by atomic mass is 9.99. The number of fused-ring (bicyclic) bond motifs is 2. The van der Waals surface area contributed by atoms with Gasteiger partial charge in [-0.2, -0.15) is 0 Å². The fourth-order valence-electron chi connectivity index (χ4n) is 3.96. The molecule has 5 rings (SSSR count). The quantitative estimate of drug-likeness (QED) is 0.292. The third-order valence-electron chi connectivity index (χ3n) is 5.91. The van der Waals surface area contributed by atoms with Crippen molar-refractivity contribution in [2.24, 2.45) is 0 Å². The topological polar surface area (TPSA) is 169 Å². The van der Waals surface area contributed by atoms with Crippen LogP contribution in [0.3, 0.4) is 0 Å². The van der Waals surface area contributed by atoms with E-state index in [4.69, 9.17) is 23.0 Å². The summed E-state index contributed by atoms with van der Waals surface area (Å²) >= 11 is 0. The Hall–Kier alpha value is -3.74. The summed E-state index contributed by atoms with van der Waals surface area (Å²) in [6, 6.07) is 12.3. The first-order valence-electron chi connectivity index (χ1n) is 11.0. The standard InChI is InChI=1S/C25H22O11/c1-11-6-13-7-18(32-14-4-2-12-3-5-20(27)33-16(12)8-14)24(31)34-17(13)9-15(11)35-25-23(30)22(29)21(28)19(10-26)36-25/h2-9,19,21-23,25-26,28-30H,10H2,1H3/t19-,21-,22+,23-,25-/m1/s1. The lowest BCUT2D eigenvalue weighted by Crippen LogP contribution is -2.60. The van der Waals surface area contributed by atoms with E-state index in [9.17, 15) is 30.0 Å². The van der Waals surface area contributed by atoms with E-state index in [-0.39, 0.29) is 22.8 Å². The zero-order chi connectivity index (χ0) is 25.6. The normalized spacial score (nSPS) is 24.2. The summed E-state index contributed by atoms with van der Waals surface area (Å²) in [6.07, 6.45) is -7.22. The van der Waals surface area contributed by atoms with Gasteiger partial charge in [0.2, 0.25) is 12.0 Å². The van der Waals surface area contributed by atoms with Gasteiger partial charge in [0.1, 0.15) is 47.1 Å². The number of aliphatic hydroxyl groups is 4. The molecule has 11 heteroatoms. The Morgan fingerprint density at radius 1 is 0.833 bits per heavy atom. The zero-order valence-corrected chi connectivity index (χ0v) is 18.9. The fraction of sp³-hybridized carbons (Fsp3) is 0.280. The summed E-state index contributed by atoms with van der Waals surface area (Å²) in [5, 5.41) is 40.7. The molecule has 0 radical (unpaired) electrons. The first kappa shape index (κ1) is 24.0. The van der Waals surface area contributed by atoms with Crippen molar-refractivity contribution in [2.45, 2.75) is 37.6 Å². The van der Waals surface area contributed by atoms with Crippen LogP contribution in [0.2, 0.25) is 0 Å². The van der Waals surface area contributed by atoms with Crippen LogP contribution in [0, 0.1) is 6.92 Å². The summed E-state index contributed by atoms with van der Waals surface area (Å²) in [6.45, 7) is 1.11. The van der Waals surface area contributed by atoms with Crippen LogP contribution in [0.15, 0.2) is 67.0 Å². The molecule has 0 saturated carbocycles. The van der Waals surface area contributed by atoms with Gasteiger partial charge in [-0.15, -0.1) is 0 Å². The lowest BCUT2D eigenvalue weighted by Gasteiger charge is -2.39. The molecule has 2 aromatic heterocycles. The van der Waals surface area contributed by atoms with Crippen LogP contribution in [0.1, 0.15) is 5.56 Å². The van der Waals surface area contributed by atoms with Crippen molar-refractivity contribution in [2.75, 3.05) is 6.61 Å². The number of aliphatic hydroxyl groups excluding tert-OH is 4. The highest BCUT2D eigenvalue weighted by molar-refractivity contribution is 5.81. The van der Waals surface area contributed by atoms with Gasteiger partial charge in [-0.3, -0.25) is 0 Å². The third-order valence-corrected chi connectivity index (χ3v) is 5.91. The summed E-state index contributed by atoms with van der Waals surface area (Å²) in [4.78, 5) is 24.1. The first-order chi connectivity index (χ1) is 17.2. The largest absolute Gasteiger partial charge is 0.462 e. The minimum absolute atomic E-state index is 0.0952. The highest BCUT2D eigenvalue weighted by Crippen LogP contribution is 2.31. The smallest absolute Gasteiger partial charge is 0.379 e. The molecule has 5 atom stereocenters. The second-order valence-corrected chi connectivity index (χ2v) is 8.42. The molecule has 2 aromatic carbocycles. The molecule has 4 aromatic rings. The highest BCUT2D eigenvalue weighted by atomic mass is 16.7. The van der Waals surface area contributed by atoms with E-state index in [0.717, 1.165) is 0 Å². The molecule has 0 bridgehead atoms. The second kappa shape index (κ2) is 9.37. The molecule has 11 nitrogen and oxygen atoms in total. The minimum Gasteiger partial charge on any atom is -0.462 e. The number of aryl methyl sites for hydroxylation is 1. The number of hydrogen-bond acceptors (Lipinski definition) is 11. The van der Waals surface area contributed by atoms with Gasteiger partial charge >= 0.3 is 11.3 Å². The molecule has 0 unspecified atom stereocenters. The molecule has 188 valence electrons. The Morgan fingerprint density at radius 2 is 1.58 bits per heavy atom. The molecular formula is C25H22O11. The predicted octanol–water partition coefficient (Wildman–Crippen LogP) is 1.18. The van der Waals surface area contributed by atoms with Crippen LogP contribution in [-0.4, -0.2) is 57.7 Å². The predicted molar refractivity (Wildman–Crippen MR) is 124 cm³/mol. The van der Waals surface area contributed by atoms with E-state index in [1.54, 1.807) is 31.2 Å². The second-order valence-electron chi connectivity index (χ2n) is 8.42. The van der Waals surface area contributed by atoms with Crippen molar-refractivity contribution < 1.29 is 43.5 Å². The van der Waals surface area contributed by atoms with Crippen molar-refractivity contribution in [3.05, 3.63) is 74.9 Å². The van der Waals surface area contributed by atoms with E-state index in [1.165, 1.54) is 24.3 Å². The Kier molecular flexibility index (Phi) is 6.24. The molecule has 0 aliphatic carbocycles. The van der Waals surface area contributed by atoms with Gasteiger partial charge < -0.3 is 43.5 Å². The molecule has 1 aliphatic heterocycles. The van der Waals surface area contributed by atoms with Gasteiger partial charge in [-0.25, -0.2) is 9.59 Å². The van der Waals surface area contributed by atoms with Gasteiger partial charge in [-0.1, -0.05) is 0 Å². The van der Waals surface area contributed by atoms with Crippen LogP contribution >= 0.6 is 0 Å². The maximum Gasteiger partial charge on any atom is 0.379 e. The molecule has 3 heterocycles. The first-order valence-corrected chi connectivity index (χ1v) is 11.0. The van der Waals surface area contributed by atoms with Gasteiger partial charge in [0.25, 0.3) is 0 Å². The van der Waals surface area contributed by atoms with Crippen LogP contribution in [0.5, 0.6) is 17.2 Å². The van der Waals surface area contributed by atoms with E-state index in [2.05, 4.69) is 0 Å². The number of ether oxygens (including phenoxy) is 3. The Labute approximate surface area is 202 Å². The average molecular weight is 498 g/mol. The van der Waals surface area contributed by atoms with Crippen molar-refractivity contribution in [1.29, 1.82) is 0 Å². The summed E-state index contributed by atoms with van der Waals surface area (Å²) in [5.74, 6) is 0.359. The lowest BCUT2D eigenvalue weighted by molar-refractivity contribution is -0.277. The minimum atomic E-state index is -1.59. The molecule has 1 aliphatic rings. The zero-order valence-electron chi connectivity index (χ0n) is 18.9. The molecule has 4 N–H and O–H groups in total. The maximum atomic E-state index is 12.6. The Bertz CT molecular complexity index is 1540. The van der Waals surface area contributed by atoms with Crippen LogP contribution in [0.25, 0.3) is 21.9 Å². The van der Waals surface area contributed by atoms with E-state index >= 15 is 0 Å². The number of benzene rings is 2. The van der Waals surface area contributed by atoms with Crippen LogP contribution < -0.4 is 20.7 Å². The van der Waals surface area contributed by atoms with E-state index in [0.29, 0.717) is 21.9 Å². The molecular weight excluding hydrogens is 476 g/mol. The SMILES string of the molecule is Cc1cc2cc(Oc3ccc4ccc(=O)oc4c3)c(=O)oc2cc1O[C@@H]1O[C@H](CO)[C@@H](O)[C@H](O)[C@H]1O. The van der Waals surface area contributed by atoms with Crippen molar-refractivity contribution in [1.82, 2.24) is 0 Å². The van der Waals surface area contributed by atoms with Gasteiger partial charge in [-0.05, 0) is 42.8 Å². The third kappa shape index (κ3) is 4.45. The molecule has 1 saturated heterocycles. The van der Waals surface area contributed by atoms with Gasteiger partial charge in [0.15, 0.2) is 0 Å². The summed E-state index contributed by atoms with van der Waals surface area (Å²) in [5.41, 5.74) is -0.258. The van der Waals surface area contributed by atoms with Crippen molar-refractivity contribution in [3.8, 4) is 17.2 Å². The van der Waals surface area contributed by atoms with Gasteiger partial charge in [0.05, 0.1) is 6.61 Å². The summed E-state index contributed by atoms with van der Waals surface area (Å²) in [7, 11) is 0. The number of rotatable bonds is 5. The average Bonchev–Trinajstić information content (AvgIpc) is 2.85. The molecule has 0 amide bonds. The van der Waals surface area contributed by atoms with Gasteiger partial charge in [0, 0.05) is 29.0 Å². The maximum absolute atomic E-state index is 12.6. The summed E-state index contributed by atoms with van der Waals surface area (Å²) < 4.78 is 27.3. The van der Waals surface area contributed by atoms with E-state index < -0.39 is 48.6 Å². The highest BCUT2D eigenvalue weighted by Gasteiger charge is 2.44. The molecule has 0 spiro atoms. The Balaban J connectivity index is 1.43. The molecule has 36 heavy (non-hydrogen) atoms. The number of hydrogen-bond donors (Lipinski definition) is 4. The van der Waals surface area contributed by atoms with Crippen molar-refractivity contribution in [3.63, 3.8) is 0 Å². The monoisotopic (exact) mass is 498 g/mol. The molecule has 1 fully saturated rings. The van der Waals surface area contributed by atoms with Crippen molar-refractivity contribution >= 4 is 21.9 Å². The fourth-order valence-corrected chi connectivity index (χ4v) is 3.96. The van der Waals surface area contributed by atoms with E-state index in [1.807, 2.05) is 0 Å². The van der Waals surface area contributed by atoms with Crippen LogP contribution in [0.4, 0.5) is 0 Å². The van der Waals surface area contributed by atoms with Crippen LogP contribution in [-0.2, 0) is 4.74 Å². The Morgan fingerprint density at radius 3 is 2.36 bits per heavy atom.